The summed E-state index contributed by atoms with van der Waals surface area (Å²) in [6.45, 7) is 1.68. The standard InChI is InChI=1S/C17H19NO2S/c1-2-21(19,20)17-10-6-5-9-16(17)18-15-11-13-7-3-4-8-14(13)12-15/h3-10,15,18H,2,11-12H2,1H3. The van der Waals surface area contributed by atoms with Crippen molar-refractivity contribution in [2.45, 2.75) is 30.7 Å². The molecule has 0 bridgehead atoms. The molecule has 110 valence electrons. The van der Waals surface area contributed by atoms with Gasteiger partial charge in [0.15, 0.2) is 9.84 Å². The second-order valence-electron chi connectivity index (χ2n) is 5.42. The van der Waals surface area contributed by atoms with Gasteiger partial charge in [-0.25, -0.2) is 8.42 Å². The van der Waals surface area contributed by atoms with Crippen molar-refractivity contribution in [3.63, 3.8) is 0 Å². The fourth-order valence-electron chi connectivity index (χ4n) is 2.89. The fourth-order valence-corrected chi connectivity index (χ4v) is 3.95. The third-order valence-electron chi connectivity index (χ3n) is 4.01. The largest absolute Gasteiger partial charge is 0.381 e. The van der Waals surface area contributed by atoms with Gasteiger partial charge in [-0.3, -0.25) is 0 Å². The normalized spacial score (nSPS) is 14.9. The van der Waals surface area contributed by atoms with Crippen LogP contribution in [0.5, 0.6) is 0 Å². The molecule has 1 aliphatic carbocycles. The Balaban J connectivity index is 1.85. The lowest BCUT2D eigenvalue weighted by Gasteiger charge is -2.17. The predicted molar refractivity (Wildman–Crippen MR) is 85.4 cm³/mol. The van der Waals surface area contributed by atoms with Crippen molar-refractivity contribution >= 4 is 15.5 Å². The van der Waals surface area contributed by atoms with Crippen molar-refractivity contribution in [1.29, 1.82) is 0 Å². The zero-order valence-corrected chi connectivity index (χ0v) is 12.9. The van der Waals surface area contributed by atoms with Gasteiger partial charge in [0.2, 0.25) is 0 Å². The predicted octanol–water partition coefficient (Wildman–Crippen LogP) is 3.06. The molecule has 21 heavy (non-hydrogen) atoms. The van der Waals surface area contributed by atoms with E-state index in [9.17, 15) is 8.42 Å². The Kier molecular flexibility index (Phi) is 3.72. The lowest BCUT2D eigenvalue weighted by atomic mass is 10.1. The van der Waals surface area contributed by atoms with E-state index in [2.05, 4.69) is 29.6 Å². The molecule has 4 heteroatoms. The number of para-hydroxylation sites is 1. The van der Waals surface area contributed by atoms with Crippen LogP contribution in [0.3, 0.4) is 0 Å². The van der Waals surface area contributed by atoms with E-state index in [1.165, 1.54) is 11.1 Å². The molecule has 3 rings (SSSR count). The van der Waals surface area contributed by atoms with E-state index in [0.717, 1.165) is 18.5 Å². The molecule has 0 saturated heterocycles. The van der Waals surface area contributed by atoms with Crippen molar-refractivity contribution in [3.8, 4) is 0 Å². The van der Waals surface area contributed by atoms with Gasteiger partial charge in [-0.15, -0.1) is 0 Å². The van der Waals surface area contributed by atoms with Crippen LogP contribution in [0.15, 0.2) is 53.4 Å². The zero-order chi connectivity index (χ0) is 14.9. The molecule has 0 amide bonds. The summed E-state index contributed by atoms with van der Waals surface area (Å²) in [6.07, 6.45) is 1.88. The monoisotopic (exact) mass is 301 g/mol. The second-order valence-corrected chi connectivity index (χ2v) is 7.66. The van der Waals surface area contributed by atoms with E-state index in [1.807, 2.05) is 12.1 Å². The first-order chi connectivity index (χ1) is 10.1. The van der Waals surface area contributed by atoms with Crippen LogP contribution in [-0.4, -0.2) is 20.2 Å². The molecule has 1 N–H and O–H groups in total. The fraction of sp³-hybridized carbons (Fsp3) is 0.294. The average molecular weight is 301 g/mol. The molecule has 0 radical (unpaired) electrons. The summed E-state index contributed by atoms with van der Waals surface area (Å²) in [4.78, 5) is 0.406. The molecule has 0 aliphatic heterocycles. The summed E-state index contributed by atoms with van der Waals surface area (Å²) in [5, 5.41) is 3.42. The second kappa shape index (κ2) is 5.53. The van der Waals surface area contributed by atoms with Gasteiger partial charge in [-0.2, -0.15) is 0 Å². The van der Waals surface area contributed by atoms with Crippen LogP contribution in [0.1, 0.15) is 18.1 Å². The maximum Gasteiger partial charge on any atom is 0.180 e. The van der Waals surface area contributed by atoms with Gasteiger partial charge in [0.1, 0.15) is 0 Å². The summed E-state index contributed by atoms with van der Waals surface area (Å²) in [5.41, 5.74) is 3.42. The van der Waals surface area contributed by atoms with Gasteiger partial charge in [0.05, 0.1) is 16.3 Å². The molecule has 0 spiro atoms. The Morgan fingerprint density at radius 2 is 1.57 bits per heavy atom. The minimum atomic E-state index is -3.20. The minimum absolute atomic E-state index is 0.122. The van der Waals surface area contributed by atoms with Crippen LogP contribution in [-0.2, 0) is 22.7 Å². The van der Waals surface area contributed by atoms with Gasteiger partial charge in [-0.1, -0.05) is 43.3 Å². The first-order valence-electron chi connectivity index (χ1n) is 7.25. The Labute approximate surface area is 125 Å². The van der Waals surface area contributed by atoms with Crippen molar-refractivity contribution in [3.05, 3.63) is 59.7 Å². The van der Waals surface area contributed by atoms with Crippen LogP contribution in [0, 0.1) is 0 Å². The first-order valence-corrected chi connectivity index (χ1v) is 8.90. The van der Waals surface area contributed by atoms with Crippen LogP contribution in [0.25, 0.3) is 0 Å². The SMILES string of the molecule is CCS(=O)(=O)c1ccccc1NC1Cc2ccccc2C1. The minimum Gasteiger partial charge on any atom is -0.381 e. The number of anilines is 1. The van der Waals surface area contributed by atoms with Crippen LogP contribution < -0.4 is 5.32 Å². The molecule has 1 aliphatic rings. The van der Waals surface area contributed by atoms with E-state index in [4.69, 9.17) is 0 Å². The highest BCUT2D eigenvalue weighted by atomic mass is 32.2. The number of rotatable bonds is 4. The number of sulfone groups is 1. The van der Waals surface area contributed by atoms with E-state index in [1.54, 1.807) is 19.1 Å². The molecule has 0 heterocycles. The average Bonchev–Trinajstić information content (AvgIpc) is 2.90. The smallest absolute Gasteiger partial charge is 0.180 e. The van der Waals surface area contributed by atoms with Crippen LogP contribution in [0.2, 0.25) is 0 Å². The Bertz CT molecular complexity index is 728. The molecule has 0 fully saturated rings. The Morgan fingerprint density at radius 1 is 1.00 bits per heavy atom. The summed E-state index contributed by atoms with van der Waals surface area (Å²) in [6, 6.07) is 15.8. The topological polar surface area (TPSA) is 46.2 Å². The summed E-state index contributed by atoms with van der Waals surface area (Å²) < 4.78 is 24.3. The van der Waals surface area contributed by atoms with E-state index in [-0.39, 0.29) is 11.8 Å². The molecule has 0 saturated carbocycles. The summed E-state index contributed by atoms with van der Waals surface area (Å²) in [7, 11) is -3.20. The van der Waals surface area contributed by atoms with Gasteiger partial charge in [0, 0.05) is 6.04 Å². The van der Waals surface area contributed by atoms with Crippen molar-refractivity contribution < 1.29 is 8.42 Å². The van der Waals surface area contributed by atoms with Crippen LogP contribution >= 0.6 is 0 Å². The maximum absolute atomic E-state index is 12.2. The number of hydrogen-bond acceptors (Lipinski definition) is 3. The molecule has 0 aromatic heterocycles. The Hall–Kier alpha value is -1.81. The quantitative estimate of drug-likeness (QED) is 0.944. The highest BCUT2D eigenvalue weighted by Gasteiger charge is 2.23. The third-order valence-corrected chi connectivity index (χ3v) is 5.80. The van der Waals surface area contributed by atoms with E-state index in [0.29, 0.717) is 4.90 Å². The molecule has 2 aromatic carbocycles. The van der Waals surface area contributed by atoms with E-state index >= 15 is 0 Å². The van der Waals surface area contributed by atoms with Gasteiger partial charge < -0.3 is 5.32 Å². The Morgan fingerprint density at radius 3 is 2.19 bits per heavy atom. The number of hydrogen-bond donors (Lipinski definition) is 1. The first kappa shape index (κ1) is 14.1. The third kappa shape index (κ3) is 2.81. The number of nitrogens with one attached hydrogen (secondary N) is 1. The van der Waals surface area contributed by atoms with E-state index < -0.39 is 9.84 Å². The maximum atomic E-state index is 12.2. The lowest BCUT2D eigenvalue weighted by Crippen LogP contribution is -2.21. The van der Waals surface area contributed by atoms with Gasteiger partial charge in [0.25, 0.3) is 0 Å². The molecule has 2 aromatic rings. The molecule has 0 unspecified atom stereocenters. The summed E-state index contributed by atoms with van der Waals surface area (Å²) in [5.74, 6) is 0.122. The van der Waals surface area contributed by atoms with Crippen molar-refractivity contribution in [1.82, 2.24) is 0 Å². The highest BCUT2D eigenvalue weighted by Crippen LogP contribution is 2.28. The highest BCUT2D eigenvalue weighted by molar-refractivity contribution is 7.91. The summed E-state index contributed by atoms with van der Waals surface area (Å²) >= 11 is 0. The van der Waals surface area contributed by atoms with Crippen molar-refractivity contribution in [2.75, 3.05) is 11.1 Å². The zero-order valence-electron chi connectivity index (χ0n) is 12.0. The molecular weight excluding hydrogens is 282 g/mol. The van der Waals surface area contributed by atoms with Gasteiger partial charge in [-0.05, 0) is 36.1 Å². The number of benzene rings is 2. The lowest BCUT2D eigenvalue weighted by molar-refractivity contribution is 0.597. The number of fused-ring (bicyclic) bond motifs is 1. The van der Waals surface area contributed by atoms with Crippen LogP contribution in [0.4, 0.5) is 5.69 Å². The molecule has 3 nitrogen and oxygen atoms in total. The van der Waals surface area contributed by atoms with Gasteiger partial charge >= 0.3 is 0 Å². The molecule has 0 atom stereocenters. The van der Waals surface area contributed by atoms with Crippen molar-refractivity contribution in [2.24, 2.45) is 0 Å². The molecular formula is C17H19NO2S.